The molecule has 0 saturated carbocycles. The standard InChI is InChI=1S/C14H9F2S/c15-11-5-3-6-12(16)14(11)17-9-8-10-4-1-2-7-13(10)17/h1-9H/q+1. The van der Waals surface area contributed by atoms with Crippen LogP contribution >= 0.6 is 10.5 Å². The van der Waals surface area contributed by atoms with E-state index >= 15 is 0 Å². The molecule has 0 aliphatic heterocycles. The van der Waals surface area contributed by atoms with Gasteiger partial charge >= 0.3 is 0 Å². The van der Waals surface area contributed by atoms with Gasteiger partial charge in [-0.3, -0.25) is 0 Å². The predicted molar refractivity (Wildman–Crippen MR) is 67.7 cm³/mol. The summed E-state index contributed by atoms with van der Waals surface area (Å²) in [5, 5.41) is 2.91. The number of thiophene rings is 1. The van der Waals surface area contributed by atoms with Gasteiger partial charge in [0.15, 0.2) is 16.3 Å². The predicted octanol–water partition coefficient (Wildman–Crippen LogP) is 4.86. The van der Waals surface area contributed by atoms with Crippen molar-refractivity contribution < 1.29 is 8.78 Å². The first-order chi connectivity index (χ1) is 8.27. The summed E-state index contributed by atoms with van der Waals surface area (Å²) in [4.78, 5) is 0.161. The summed E-state index contributed by atoms with van der Waals surface area (Å²) in [6.07, 6.45) is 0. The van der Waals surface area contributed by atoms with Crippen LogP contribution in [-0.2, 0) is 0 Å². The van der Waals surface area contributed by atoms with Gasteiger partial charge in [0.25, 0.3) is 0 Å². The fraction of sp³-hybridized carbons (Fsp3) is 0. The average Bonchev–Trinajstić information content (AvgIpc) is 2.73. The van der Waals surface area contributed by atoms with E-state index in [1.807, 2.05) is 35.7 Å². The Labute approximate surface area is 100 Å². The molecule has 0 nitrogen and oxygen atoms in total. The molecule has 17 heavy (non-hydrogen) atoms. The minimum absolute atomic E-state index is 0.161. The summed E-state index contributed by atoms with van der Waals surface area (Å²) in [6.45, 7) is 0. The van der Waals surface area contributed by atoms with Crippen molar-refractivity contribution in [2.75, 3.05) is 0 Å². The molecule has 0 spiro atoms. The number of rotatable bonds is 1. The van der Waals surface area contributed by atoms with Gasteiger partial charge in [-0.05, 0) is 24.3 Å². The van der Waals surface area contributed by atoms with Crippen molar-refractivity contribution >= 4 is 20.6 Å². The molecule has 0 aliphatic carbocycles. The van der Waals surface area contributed by atoms with Crippen LogP contribution < -0.4 is 0 Å². The SMILES string of the molecule is Fc1cccc(F)c1-[s+]1ccc2ccccc21. The number of halogens is 2. The van der Waals surface area contributed by atoms with Crippen molar-refractivity contribution in [2.45, 2.75) is 0 Å². The Hall–Kier alpha value is -1.74. The van der Waals surface area contributed by atoms with Gasteiger partial charge in [0.1, 0.15) is 5.38 Å². The summed E-state index contributed by atoms with van der Waals surface area (Å²) < 4.78 is 28.4. The van der Waals surface area contributed by atoms with Crippen molar-refractivity contribution in [1.82, 2.24) is 0 Å². The molecule has 1 heterocycles. The molecule has 3 aromatic rings. The second kappa shape index (κ2) is 3.93. The van der Waals surface area contributed by atoms with E-state index in [-0.39, 0.29) is 4.90 Å². The second-order valence-electron chi connectivity index (χ2n) is 3.73. The van der Waals surface area contributed by atoms with Crippen LogP contribution in [0.25, 0.3) is 15.0 Å². The van der Waals surface area contributed by atoms with Gasteiger partial charge in [-0.15, -0.1) is 0 Å². The Morgan fingerprint density at radius 1 is 0.765 bits per heavy atom. The summed E-state index contributed by atoms with van der Waals surface area (Å²) >= 11 is 0. The number of fused-ring (bicyclic) bond motifs is 1. The molecule has 0 bridgehead atoms. The third-order valence-electron chi connectivity index (χ3n) is 2.68. The highest BCUT2D eigenvalue weighted by Gasteiger charge is 2.23. The van der Waals surface area contributed by atoms with Gasteiger partial charge in [0, 0.05) is 21.9 Å². The van der Waals surface area contributed by atoms with Crippen LogP contribution in [-0.4, -0.2) is 0 Å². The molecule has 1 aromatic heterocycles. The topological polar surface area (TPSA) is 0 Å². The van der Waals surface area contributed by atoms with Crippen LogP contribution in [0.4, 0.5) is 8.78 Å². The third-order valence-corrected chi connectivity index (χ3v) is 4.76. The molecule has 3 rings (SSSR count). The fourth-order valence-corrected chi connectivity index (χ4v) is 3.86. The van der Waals surface area contributed by atoms with Gasteiger partial charge < -0.3 is 0 Å². The largest absolute Gasteiger partial charge is 0.250 e. The molecule has 0 aliphatic rings. The quantitative estimate of drug-likeness (QED) is 0.539. The zero-order chi connectivity index (χ0) is 11.8. The van der Waals surface area contributed by atoms with E-state index in [4.69, 9.17) is 0 Å². The highest BCUT2D eigenvalue weighted by atomic mass is 32.2. The van der Waals surface area contributed by atoms with E-state index in [2.05, 4.69) is 0 Å². The Balaban J connectivity index is 2.35. The van der Waals surface area contributed by atoms with Crippen molar-refractivity contribution in [3.63, 3.8) is 0 Å². The van der Waals surface area contributed by atoms with Crippen LogP contribution in [0.1, 0.15) is 0 Å². The normalized spacial score (nSPS) is 12.0. The van der Waals surface area contributed by atoms with E-state index in [1.54, 1.807) is 0 Å². The van der Waals surface area contributed by atoms with Crippen LogP contribution in [0.5, 0.6) is 0 Å². The molecule has 2 aromatic carbocycles. The molecule has 0 fully saturated rings. The van der Waals surface area contributed by atoms with Crippen molar-refractivity contribution in [3.8, 4) is 4.90 Å². The fourth-order valence-electron chi connectivity index (χ4n) is 1.90. The lowest BCUT2D eigenvalue weighted by Gasteiger charge is -1.95. The first kappa shape index (κ1) is 10.4. The summed E-state index contributed by atoms with van der Waals surface area (Å²) in [7, 11) is -0.619. The summed E-state index contributed by atoms with van der Waals surface area (Å²) in [5.74, 6) is -0.954. The molecule has 3 heteroatoms. The summed E-state index contributed by atoms with van der Waals surface area (Å²) in [5.41, 5.74) is 0. The Morgan fingerprint density at radius 3 is 2.24 bits per heavy atom. The van der Waals surface area contributed by atoms with Gasteiger partial charge in [-0.2, -0.15) is 0 Å². The number of hydrogen-bond acceptors (Lipinski definition) is 0. The van der Waals surface area contributed by atoms with E-state index in [0.717, 1.165) is 10.1 Å². The smallest absolute Gasteiger partial charge is 0.201 e. The van der Waals surface area contributed by atoms with Crippen molar-refractivity contribution in [3.05, 3.63) is 65.5 Å². The van der Waals surface area contributed by atoms with Crippen LogP contribution in [0.2, 0.25) is 0 Å². The van der Waals surface area contributed by atoms with Crippen molar-refractivity contribution in [2.24, 2.45) is 0 Å². The van der Waals surface area contributed by atoms with Gasteiger partial charge in [-0.25, -0.2) is 8.78 Å². The molecule has 1 unspecified atom stereocenters. The molecule has 0 N–H and O–H groups in total. The zero-order valence-electron chi connectivity index (χ0n) is 8.86. The van der Waals surface area contributed by atoms with E-state index in [1.165, 1.54) is 18.2 Å². The van der Waals surface area contributed by atoms with E-state index in [0.29, 0.717) is 0 Å². The second-order valence-corrected chi connectivity index (χ2v) is 5.52. The Bertz CT molecular complexity index is 665. The van der Waals surface area contributed by atoms with Gasteiger partial charge in [0.05, 0.1) is 0 Å². The Morgan fingerprint density at radius 2 is 1.47 bits per heavy atom. The average molecular weight is 247 g/mol. The lowest BCUT2D eigenvalue weighted by Crippen LogP contribution is -1.84. The first-order valence-electron chi connectivity index (χ1n) is 5.22. The molecule has 84 valence electrons. The molecule has 1 atom stereocenters. The minimum atomic E-state index is -0.619. The number of hydrogen-bond donors (Lipinski definition) is 0. The van der Waals surface area contributed by atoms with Gasteiger partial charge in [0.2, 0.25) is 4.90 Å². The molecular formula is C14H9F2S+. The van der Waals surface area contributed by atoms with E-state index in [9.17, 15) is 8.78 Å². The lowest BCUT2D eigenvalue weighted by atomic mass is 10.3. The van der Waals surface area contributed by atoms with Crippen LogP contribution in [0.3, 0.4) is 0 Å². The van der Waals surface area contributed by atoms with E-state index < -0.39 is 22.1 Å². The highest BCUT2D eigenvalue weighted by molar-refractivity contribution is 7.43. The van der Waals surface area contributed by atoms with Crippen molar-refractivity contribution in [1.29, 1.82) is 0 Å². The third kappa shape index (κ3) is 1.63. The lowest BCUT2D eigenvalue weighted by molar-refractivity contribution is 0.595. The zero-order valence-corrected chi connectivity index (χ0v) is 9.68. The van der Waals surface area contributed by atoms with Crippen LogP contribution in [0.15, 0.2) is 53.9 Å². The Kier molecular flexibility index (Phi) is 2.41. The maximum atomic E-state index is 13.7. The molecule has 0 saturated heterocycles. The molecule has 0 radical (unpaired) electrons. The molecule has 0 amide bonds. The van der Waals surface area contributed by atoms with Crippen LogP contribution in [0, 0.1) is 11.6 Å². The summed E-state index contributed by atoms with van der Waals surface area (Å²) in [6, 6.07) is 13.6. The molecular weight excluding hydrogens is 238 g/mol. The minimum Gasteiger partial charge on any atom is -0.201 e. The monoisotopic (exact) mass is 247 g/mol. The maximum Gasteiger partial charge on any atom is 0.250 e. The van der Waals surface area contributed by atoms with Gasteiger partial charge in [-0.1, -0.05) is 18.2 Å². The first-order valence-corrected chi connectivity index (χ1v) is 6.50. The maximum absolute atomic E-state index is 13.7. The number of benzene rings is 2. The highest BCUT2D eigenvalue weighted by Crippen LogP contribution is 2.42.